The first-order valence-corrected chi connectivity index (χ1v) is 7.78. The van der Waals surface area contributed by atoms with Crippen LogP contribution in [-0.2, 0) is 11.2 Å². The van der Waals surface area contributed by atoms with Crippen molar-refractivity contribution in [1.29, 1.82) is 0 Å². The number of nitrogens with zero attached hydrogens (tertiary/aromatic N) is 3. The van der Waals surface area contributed by atoms with Crippen LogP contribution in [0.15, 0.2) is 48.8 Å². The van der Waals surface area contributed by atoms with E-state index in [-0.39, 0.29) is 5.91 Å². The van der Waals surface area contributed by atoms with Crippen LogP contribution in [0.5, 0.6) is 0 Å². The Bertz CT molecular complexity index is 639. The minimum Gasteiger partial charge on any atom is -0.368 e. The fourth-order valence-corrected chi connectivity index (χ4v) is 2.89. The maximum absolute atomic E-state index is 12.4. The average Bonchev–Trinajstić information content (AvgIpc) is 2.58. The van der Waals surface area contributed by atoms with E-state index in [0.717, 1.165) is 37.4 Å². The third-order valence-electron chi connectivity index (χ3n) is 3.96. The first-order valence-electron chi connectivity index (χ1n) is 7.40. The van der Waals surface area contributed by atoms with Gasteiger partial charge < -0.3 is 9.80 Å². The molecule has 0 spiro atoms. The number of rotatable bonds is 3. The number of anilines is 1. The van der Waals surface area contributed by atoms with Gasteiger partial charge in [-0.3, -0.25) is 9.78 Å². The van der Waals surface area contributed by atoms with Gasteiger partial charge in [0.2, 0.25) is 5.91 Å². The van der Waals surface area contributed by atoms with Crippen LogP contribution in [0.1, 0.15) is 5.56 Å². The quantitative estimate of drug-likeness (QED) is 0.873. The van der Waals surface area contributed by atoms with Gasteiger partial charge in [0.05, 0.1) is 6.42 Å². The van der Waals surface area contributed by atoms with Crippen LogP contribution >= 0.6 is 11.6 Å². The molecule has 2 heterocycles. The number of amides is 1. The summed E-state index contributed by atoms with van der Waals surface area (Å²) in [5.41, 5.74) is 2.05. The van der Waals surface area contributed by atoms with Gasteiger partial charge in [0, 0.05) is 49.3 Å². The maximum Gasteiger partial charge on any atom is 0.227 e. The van der Waals surface area contributed by atoms with Gasteiger partial charge in [-0.15, -0.1) is 0 Å². The van der Waals surface area contributed by atoms with Gasteiger partial charge in [0.1, 0.15) is 0 Å². The van der Waals surface area contributed by atoms with Crippen LogP contribution in [0.4, 0.5) is 5.69 Å². The fourth-order valence-electron chi connectivity index (χ4n) is 2.69. The van der Waals surface area contributed by atoms with E-state index < -0.39 is 0 Å². The smallest absolute Gasteiger partial charge is 0.227 e. The molecule has 1 aromatic heterocycles. The summed E-state index contributed by atoms with van der Waals surface area (Å²) in [6.45, 7) is 3.17. The molecule has 0 unspecified atom stereocenters. The van der Waals surface area contributed by atoms with Gasteiger partial charge >= 0.3 is 0 Å². The molecule has 1 aliphatic rings. The molecule has 1 fully saturated rings. The molecule has 3 rings (SSSR count). The number of piperazine rings is 1. The highest BCUT2D eigenvalue weighted by molar-refractivity contribution is 6.31. The molecule has 1 saturated heterocycles. The molecule has 4 nitrogen and oxygen atoms in total. The Hall–Kier alpha value is -2.07. The third-order valence-corrected chi connectivity index (χ3v) is 4.33. The van der Waals surface area contributed by atoms with E-state index in [1.165, 1.54) is 0 Å². The summed E-state index contributed by atoms with van der Waals surface area (Å²) in [6, 6.07) is 11.5. The van der Waals surface area contributed by atoms with Crippen molar-refractivity contribution < 1.29 is 4.79 Å². The van der Waals surface area contributed by atoms with Crippen molar-refractivity contribution in [3.05, 3.63) is 59.4 Å². The zero-order valence-electron chi connectivity index (χ0n) is 12.3. The zero-order chi connectivity index (χ0) is 15.4. The highest BCUT2D eigenvalue weighted by atomic mass is 35.5. The first-order chi connectivity index (χ1) is 10.7. The molecule has 0 aliphatic carbocycles. The van der Waals surface area contributed by atoms with E-state index >= 15 is 0 Å². The first kappa shape index (κ1) is 14.9. The lowest BCUT2D eigenvalue weighted by molar-refractivity contribution is -0.130. The maximum atomic E-state index is 12.4. The van der Waals surface area contributed by atoms with Crippen LogP contribution < -0.4 is 4.90 Å². The monoisotopic (exact) mass is 315 g/mol. The molecule has 2 aromatic rings. The second-order valence-electron chi connectivity index (χ2n) is 5.34. The molecule has 1 amide bonds. The van der Waals surface area contributed by atoms with Crippen LogP contribution in [0.2, 0.25) is 5.02 Å². The summed E-state index contributed by atoms with van der Waals surface area (Å²) in [6.07, 6.45) is 3.96. The van der Waals surface area contributed by atoms with Gasteiger partial charge in [0.15, 0.2) is 0 Å². The van der Waals surface area contributed by atoms with E-state index in [9.17, 15) is 4.79 Å². The van der Waals surface area contributed by atoms with E-state index in [1.54, 1.807) is 12.4 Å². The third kappa shape index (κ3) is 3.39. The van der Waals surface area contributed by atoms with Crippen molar-refractivity contribution in [3.63, 3.8) is 0 Å². The number of carbonyl (C=O) groups excluding carboxylic acids is 1. The number of aromatic nitrogens is 1. The van der Waals surface area contributed by atoms with Gasteiger partial charge in [-0.25, -0.2) is 0 Å². The lowest BCUT2D eigenvalue weighted by Gasteiger charge is -2.36. The minimum atomic E-state index is 0.141. The number of pyridine rings is 1. The molecule has 114 valence electrons. The molecule has 1 aromatic carbocycles. The van der Waals surface area contributed by atoms with Crippen LogP contribution in [0.3, 0.4) is 0 Å². The van der Waals surface area contributed by atoms with E-state index in [2.05, 4.69) is 9.88 Å². The van der Waals surface area contributed by atoms with Gasteiger partial charge in [-0.1, -0.05) is 29.8 Å². The number of benzene rings is 1. The minimum absolute atomic E-state index is 0.141. The summed E-state index contributed by atoms with van der Waals surface area (Å²) in [7, 11) is 0. The van der Waals surface area contributed by atoms with Crippen molar-refractivity contribution in [1.82, 2.24) is 9.88 Å². The second-order valence-corrected chi connectivity index (χ2v) is 5.75. The molecule has 0 bridgehead atoms. The number of halogens is 1. The van der Waals surface area contributed by atoms with Crippen LogP contribution in [-0.4, -0.2) is 42.0 Å². The summed E-state index contributed by atoms with van der Waals surface area (Å²) in [5.74, 6) is 0.141. The Morgan fingerprint density at radius 1 is 1.05 bits per heavy atom. The van der Waals surface area contributed by atoms with E-state index in [4.69, 9.17) is 11.6 Å². The zero-order valence-corrected chi connectivity index (χ0v) is 13.0. The van der Waals surface area contributed by atoms with Crippen molar-refractivity contribution in [2.75, 3.05) is 31.1 Å². The Labute approximate surface area is 135 Å². The molecule has 1 aliphatic heterocycles. The SMILES string of the molecule is O=C(Cc1ccccc1Cl)N1CCN(c2ccncc2)CC1. The van der Waals surface area contributed by atoms with Gasteiger partial charge in [-0.2, -0.15) is 0 Å². The van der Waals surface area contributed by atoms with Crippen LogP contribution in [0.25, 0.3) is 0 Å². The molecular formula is C17H18ClN3O. The number of hydrogen-bond donors (Lipinski definition) is 0. The van der Waals surface area contributed by atoms with E-state index in [0.29, 0.717) is 11.4 Å². The van der Waals surface area contributed by atoms with Crippen molar-refractivity contribution in [3.8, 4) is 0 Å². The molecule has 22 heavy (non-hydrogen) atoms. The molecular weight excluding hydrogens is 298 g/mol. The Kier molecular flexibility index (Phi) is 4.59. The highest BCUT2D eigenvalue weighted by Gasteiger charge is 2.21. The predicted molar refractivity (Wildman–Crippen MR) is 88.2 cm³/mol. The molecule has 0 N–H and O–H groups in total. The standard InChI is InChI=1S/C17H18ClN3O/c18-16-4-2-1-3-14(16)13-17(22)21-11-9-20(10-12-21)15-5-7-19-8-6-15/h1-8H,9-13H2. The topological polar surface area (TPSA) is 36.4 Å². The lowest BCUT2D eigenvalue weighted by Crippen LogP contribution is -2.49. The predicted octanol–water partition coefficient (Wildman–Crippen LogP) is 2.63. The van der Waals surface area contributed by atoms with Crippen molar-refractivity contribution in [2.45, 2.75) is 6.42 Å². The van der Waals surface area contributed by atoms with E-state index in [1.807, 2.05) is 41.3 Å². The van der Waals surface area contributed by atoms with Crippen molar-refractivity contribution in [2.24, 2.45) is 0 Å². The number of hydrogen-bond acceptors (Lipinski definition) is 3. The number of carbonyl (C=O) groups is 1. The van der Waals surface area contributed by atoms with Gasteiger partial charge in [-0.05, 0) is 23.8 Å². The average molecular weight is 316 g/mol. The molecule has 0 radical (unpaired) electrons. The Balaban J connectivity index is 1.57. The van der Waals surface area contributed by atoms with Gasteiger partial charge in [0.25, 0.3) is 0 Å². The Morgan fingerprint density at radius 2 is 1.73 bits per heavy atom. The normalized spacial score (nSPS) is 15.0. The Morgan fingerprint density at radius 3 is 2.41 bits per heavy atom. The molecule has 0 saturated carbocycles. The summed E-state index contributed by atoms with van der Waals surface area (Å²) in [4.78, 5) is 20.6. The summed E-state index contributed by atoms with van der Waals surface area (Å²) < 4.78 is 0. The molecule has 0 atom stereocenters. The fraction of sp³-hybridized carbons (Fsp3) is 0.294. The molecule has 5 heteroatoms. The lowest BCUT2D eigenvalue weighted by atomic mass is 10.1. The second kappa shape index (κ2) is 6.79. The largest absolute Gasteiger partial charge is 0.368 e. The summed E-state index contributed by atoms with van der Waals surface area (Å²) in [5, 5.41) is 0.659. The highest BCUT2D eigenvalue weighted by Crippen LogP contribution is 2.18. The van der Waals surface area contributed by atoms with Crippen LogP contribution in [0, 0.1) is 0 Å². The summed E-state index contributed by atoms with van der Waals surface area (Å²) >= 11 is 6.13. The van der Waals surface area contributed by atoms with Crippen molar-refractivity contribution >= 4 is 23.2 Å².